The highest BCUT2D eigenvalue weighted by molar-refractivity contribution is 9.10. The lowest BCUT2D eigenvalue weighted by atomic mass is 10.1. The number of halogens is 2. The first-order chi connectivity index (χ1) is 8.99. The minimum Gasteiger partial charge on any atom is -0.481 e. The topological polar surface area (TPSA) is 78.4 Å². The molecule has 19 heavy (non-hydrogen) atoms. The highest BCUT2D eigenvalue weighted by Crippen LogP contribution is 2.16. The Morgan fingerprint density at radius 2 is 1.95 bits per heavy atom. The largest absolute Gasteiger partial charge is 0.481 e. The van der Waals surface area contributed by atoms with Crippen LogP contribution in [0.1, 0.15) is 12.0 Å². The van der Waals surface area contributed by atoms with Crippen LogP contribution >= 0.6 is 15.9 Å². The SMILES string of the molecule is O=C(O)CCNC(=O)NCCc1ccc(F)c(Br)c1. The third kappa shape index (κ3) is 6.19. The molecule has 0 bridgehead atoms. The highest BCUT2D eigenvalue weighted by Gasteiger charge is 2.03. The summed E-state index contributed by atoms with van der Waals surface area (Å²) in [5, 5.41) is 13.4. The molecule has 104 valence electrons. The molecule has 0 radical (unpaired) electrons. The van der Waals surface area contributed by atoms with Crippen LogP contribution in [0.4, 0.5) is 9.18 Å². The van der Waals surface area contributed by atoms with Crippen molar-refractivity contribution in [1.82, 2.24) is 10.6 Å². The van der Waals surface area contributed by atoms with Gasteiger partial charge in [0, 0.05) is 13.1 Å². The van der Waals surface area contributed by atoms with E-state index in [2.05, 4.69) is 26.6 Å². The number of benzene rings is 1. The van der Waals surface area contributed by atoms with Crippen molar-refractivity contribution in [2.45, 2.75) is 12.8 Å². The Kier molecular flexibility index (Phi) is 6.27. The maximum atomic E-state index is 13.0. The zero-order chi connectivity index (χ0) is 14.3. The summed E-state index contributed by atoms with van der Waals surface area (Å²) in [6.07, 6.45) is 0.448. The van der Waals surface area contributed by atoms with E-state index in [0.29, 0.717) is 17.4 Å². The van der Waals surface area contributed by atoms with Gasteiger partial charge in [0.05, 0.1) is 10.9 Å². The van der Waals surface area contributed by atoms with E-state index in [1.165, 1.54) is 6.07 Å². The van der Waals surface area contributed by atoms with Crippen LogP contribution in [-0.2, 0) is 11.2 Å². The van der Waals surface area contributed by atoms with Gasteiger partial charge in [0.1, 0.15) is 5.82 Å². The van der Waals surface area contributed by atoms with E-state index in [4.69, 9.17) is 5.11 Å². The molecule has 7 heteroatoms. The molecule has 0 heterocycles. The van der Waals surface area contributed by atoms with Crippen LogP contribution in [0, 0.1) is 5.82 Å². The van der Waals surface area contributed by atoms with Crippen molar-refractivity contribution in [3.05, 3.63) is 34.1 Å². The first-order valence-electron chi connectivity index (χ1n) is 5.66. The fourth-order valence-corrected chi connectivity index (χ4v) is 1.79. The summed E-state index contributed by atoms with van der Waals surface area (Å²) >= 11 is 3.08. The molecule has 0 aliphatic carbocycles. The fraction of sp³-hybridized carbons (Fsp3) is 0.333. The van der Waals surface area contributed by atoms with E-state index >= 15 is 0 Å². The summed E-state index contributed by atoms with van der Waals surface area (Å²) in [6.45, 7) is 0.472. The Bertz CT molecular complexity index is 468. The first kappa shape index (κ1) is 15.4. The van der Waals surface area contributed by atoms with Crippen LogP contribution in [0.15, 0.2) is 22.7 Å². The van der Waals surface area contributed by atoms with Crippen molar-refractivity contribution in [2.75, 3.05) is 13.1 Å². The van der Waals surface area contributed by atoms with Crippen molar-refractivity contribution in [3.63, 3.8) is 0 Å². The number of carboxylic acid groups (broad SMARTS) is 1. The summed E-state index contributed by atoms with van der Waals surface area (Å²) in [6, 6.07) is 4.23. The predicted molar refractivity (Wildman–Crippen MR) is 71.5 cm³/mol. The molecular weight excluding hydrogens is 319 g/mol. The van der Waals surface area contributed by atoms with Crippen LogP contribution in [0.3, 0.4) is 0 Å². The van der Waals surface area contributed by atoms with E-state index < -0.39 is 12.0 Å². The number of rotatable bonds is 6. The molecule has 0 aliphatic heterocycles. The standard InChI is InChI=1S/C12H14BrFN2O3/c13-9-7-8(1-2-10(9)14)3-5-15-12(19)16-6-4-11(17)18/h1-2,7H,3-6H2,(H,17,18)(H2,15,16,19). The molecule has 3 N–H and O–H groups in total. The number of carbonyl (C=O) groups is 2. The normalized spacial score (nSPS) is 10.0. The maximum Gasteiger partial charge on any atom is 0.314 e. The molecule has 0 saturated carbocycles. The summed E-state index contributed by atoms with van der Waals surface area (Å²) in [4.78, 5) is 21.5. The molecule has 2 amide bonds. The van der Waals surface area contributed by atoms with Crippen molar-refractivity contribution >= 4 is 27.9 Å². The molecule has 5 nitrogen and oxygen atoms in total. The van der Waals surface area contributed by atoms with Crippen molar-refractivity contribution < 1.29 is 19.1 Å². The molecule has 0 unspecified atom stereocenters. The molecule has 0 saturated heterocycles. The highest BCUT2D eigenvalue weighted by atomic mass is 79.9. The van der Waals surface area contributed by atoms with Gasteiger partial charge < -0.3 is 15.7 Å². The van der Waals surface area contributed by atoms with Gasteiger partial charge in [-0.25, -0.2) is 9.18 Å². The average molecular weight is 333 g/mol. The van der Waals surface area contributed by atoms with Gasteiger partial charge in [-0.05, 0) is 40.0 Å². The van der Waals surface area contributed by atoms with Crippen LogP contribution in [0.25, 0.3) is 0 Å². The number of carbonyl (C=O) groups excluding carboxylic acids is 1. The molecule has 0 aliphatic rings. The lowest BCUT2D eigenvalue weighted by Crippen LogP contribution is -2.37. The van der Waals surface area contributed by atoms with E-state index in [1.54, 1.807) is 12.1 Å². The Hall–Kier alpha value is -1.63. The lowest BCUT2D eigenvalue weighted by molar-refractivity contribution is -0.136. The summed E-state index contributed by atoms with van der Waals surface area (Å²) in [7, 11) is 0. The molecule has 0 fully saturated rings. The van der Waals surface area contributed by atoms with Gasteiger partial charge in [0.25, 0.3) is 0 Å². The number of aliphatic carboxylic acids is 1. The van der Waals surface area contributed by atoms with E-state index in [-0.39, 0.29) is 18.8 Å². The first-order valence-corrected chi connectivity index (χ1v) is 6.46. The Morgan fingerprint density at radius 1 is 1.26 bits per heavy atom. The predicted octanol–water partition coefficient (Wildman–Crippen LogP) is 1.90. The van der Waals surface area contributed by atoms with Crippen LogP contribution < -0.4 is 10.6 Å². The minimum atomic E-state index is -0.962. The number of nitrogens with one attached hydrogen (secondary N) is 2. The molecule has 0 atom stereocenters. The number of amides is 2. The Balaban J connectivity index is 2.24. The number of hydrogen-bond acceptors (Lipinski definition) is 2. The third-order valence-electron chi connectivity index (χ3n) is 2.31. The number of hydrogen-bond donors (Lipinski definition) is 3. The minimum absolute atomic E-state index is 0.0866. The Morgan fingerprint density at radius 3 is 2.58 bits per heavy atom. The van der Waals surface area contributed by atoms with Crippen LogP contribution in [0.5, 0.6) is 0 Å². The second-order valence-corrected chi connectivity index (χ2v) is 4.68. The van der Waals surface area contributed by atoms with Gasteiger partial charge in [0.15, 0.2) is 0 Å². The van der Waals surface area contributed by atoms with Gasteiger partial charge in [-0.15, -0.1) is 0 Å². The summed E-state index contributed by atoms with van der Waals surface area (Å²) in [5.74, 6) is -1.29. The zero-order valence-electron chi connectivity index (χ0n) is 10.1. The van der Waals surface area contributed by atoms with Gasteiger partial charge in [-0.3, -0.25) is 4.79 Å². The van der Waals surface area contributed by atoms with E-state index in [9.17, 15) is 14.0 Å². The average Bonchev–Trinajstić information content (AvgIpc) is 2.33. The number of urea groups is 1. The summed E-state index contributed by atoms with van der Waals surface area (Å²) < 4.78 is 13.4. The summed E-state index contributed by atoms with van der Waals surface area (Å²) in [5.41, 5.74) is 0.888. The third-order valence-corrected chi connectivity index (χ3v) is 2.92. The van der Waals surface area contributed by atoms with Crippen LogP contribution in [-0.4, -0.2) is 30.2 Å². The smallest absolute Gasteiger partial charge is 0.314 e. The van der Waals surface area contributed by atoms with Crippen LogP contribution in [0.2, 0.25) is 0 Å². The quantitative estimate of drug-likeness (QED) is 0.744. The molecular formula is C12H14BrFN2O3. The second-order valence-electron chi connectivity index (χ2n) is 3.82. The van der Waals surface area contributed by atoms with Crippen molar-refractivity contribution in [2.24, 2.45) is 0 Å². The van der Waals surface area contributed by atoms with E-state index in [1.807, 2.05) is 0 Å². The molecule has 1 rings (SSSR count). The van der Waals surface area contributed by atoms with E-state index in [0.717, 1.165) is 5.56 Å². The maximum absolute atomic E-state index is 13.0. The number of carboxylic acids is 1. The molecule has 0 spiro atoms. The van der Waals surface area contributed by atoms with Crippen molar-refractivity contribution in [1.29, 1.82) is 0 Å². The fourth-order valence-electron chi connectivity index (χ4n) is 1.36. The van der Waals surface area contributed by atoms with Gasteiger partial charge >= 0.3 is 12.0 Å². The zero-order valence-corrected chi connectivity index (χ0v) is 11.7. The second kappa shape index (κ2) is 7.73. The Labute approximate surface area is 118 Å². The molecule has 0 aromatic heterocycles. The lowest BCUT2D eigenvalue weighted by Gasteiger charge is -2.07. The van der Waals surface area contributed by atoms with Gasteiger partial charge in [0.2, 0.25) is 0 Å². The van der Waals surface area contributed by atoms with Gasteiger partial charge in [-0.2, -0.15) is 0 Å². The molecule has 1 aromatic rings. The van der Waals surface area contributed by atoms with Gasteiger partial charge in [-0.1, -0.05) is 6.07 Å². The monoisotopic (exact) mass is 332 g/mol. The van der Waals surface area contributed by atoms with Crippen molar-refractivity contribution in [3.8, 4) is 0 Å². The molecule has 1 aromatic carbocycles.